The van der Waals surface area contributed by atoms with Gasteiger partial charge in [0.1, 0.15) is 16.7 Å². The molecule has 0 N–H and O–H groups in total. The number of amides is 1. The van der Waals surface area contributed by atoms with Crippen LogP contribution >= 0.6 is 11.6 Å². The standard InChI is InChI=1S/C27H25ClN2O3/c1-18-7-6-8-19(13-18)16-30(27(31)23-9-4-5-10-25(23)33-3)17-21-14-20-15-22(32-2)11-12-24(20)29-26(21)28/h4-15H,16-17H2,1-3H3. The van der Waals surface area contributed by atoms with Crippen molar-refractivity contribution in [3.05, 3.63) is 100 Å². The number of aryl methyl sites for hydroxylation is 1. The van der Waals surface area contributed by atoms with Gasteiger partial charge in [-0.1, -0.05) is 53.6 Å². The van der Waals surface area contributed by atoms with E-state index in [1.165, 1.54) is 0 Å². The second-order valence-corrected chi connectivity index (χ2v) is 8.21. The van der Waals surface area contributed by atoms with Crippen LogP contribution in [0.5, 0.6) is 11.5 Å². The van der Waals surface area contributed by atoms with Gasteiger partial charge in [-0.25, -0.2) is 4.98 Å². The van der Waals surface area contributed by atoms with E-state index in [1.807, 2.05) is 61.5 Å². The molecule has 3 aromatic carbocycles. The Morgan fingerprint density at radius 3 is 2.52 bits per heavy atom. The lowest BCUT2D eigenvalue weighted by Crippen LogP contribution is -2.30. The van der Waals surface area contributed by atoms with Crippen LogP contribution in [0, 0.1) is 6.92 Å². The van der Waals surface area contributed by atoms with Crippen molar-refractivity contribution in [2.24, 2.45) is 0 Å². The Morgan fingerprint density at radius 2 is 1.76 bits per heavy atom. The minimum absolute atomic E-state index is 0.143. The van der Waals surface area contributed by atoms with Gasteiger partial charge in [0.25, 0.3) is 5.91 Å². The Bertz CT molecular complexity index is 1310. The van der Waals surface area contributed by atoms with Crippen LogP contribution < -0.4 is 9.47 Å². The van der Waals surface area contributed by atoms with E-state index in [9.17, 15) is 4.79 Å². The van der Waals surface area contributed by atoms with Crippen molar-refractivity contribution in [3.63, 3.8) is 0 Å². The molecule has 0 spiro atoms. The highest BCUT2D eigenvalue weighted by atomic mass is 35.5. The Balaban J connectivity index is 1.74. The van der Waals surface area contributed by atoms with Crippen LogP contribution in [-0.2, 0) is 13.1 Å². The van der Waals surface area contributed by atoms with Gasteiger partial charge < -0.3 is 14.4 Å². The minimum Gasteiger partial charge on any atom is -0.497 e. The summed E-state index contributed by atoms with van der Waals surface area (Å²) in [6.45, 7) is 2.75. The summed E-state index contributed by atoms with van der Waals surface area (Å²) in [6, 6.07) is 22.9. The number of carbonyl (C=O) groups excluding carboxylic acids is 1. The van der Waals surface area contributed by atoms with E-state index >= 15 is 0 Å². The highest BCUT2D eigenvalue weighted by molar-refractivity contribution is 6.30. The first-order valence-corrected chi connectivity index (χ1v) is 11.0. The summed E-state index contributed by atoms with van der Waals surface area (Å²) < 4.78 is 10.8. The van der Waals surface area contributed by atoms with Crippen molar-refractivity contribution in [2.75, 3.05) is 14.2 Å². The van der Waals surface area contributed by atoms with Gasteiger partial charge in [0, 0.05) is 24.0 Å². The molecule has 0 radical (unpaired) electrons. The van der Waals surface area contributed by atoms with E-state index in [-0.39, 0.29) is 5.91 Å². The molecular weight excluding hydrogens is 436 g/mol. The van der Waals surface area contributed by atoms with E-state index in [4.69, 9.17) is 21.1 Å². The van der Waals surface area contributed by atoms with E-state index < -0.39 is 0 Å². The largest absolute Gasteiger partial charge is 0.497 e. The number of pyridine rings is 1. The Hall–Kier alpha value is -3.57. The molecule has 6 heteroatoms. The van der Waals surface area contributed by atoms with E-state index in [1.54, 1.807) is 31.3 Å². The molecule has 1 amide bonds. The summed E-state index contributed by atoms with van der Waals surface area (Å²) in [6.07, 6.45) is 0. The quantitative estimate of drug-likeness (QED) is 0.315. The summed E-state index contributed by atoms with van der Waals surface area (Å²) >= 11 is 6.55. The molecule has 0 aliphatic rings. The van der Waals surface area contributed by atoms with Gasteiger partial charge in [-0.05, 0) is 48.9 Å². The van der Waals surface area contributed by atoms with Crippen molar-refractivity contribution < 1.29 is 14.3 Å². The molecule has 0 fully saturated rings. The molecule has 33 heavy (non-hydrogen) atoms. The number of para-hydroxylation sites is 1. The Kier molecular flexibility index (Phi) is 6.80. The summed E-state index contributed by atoms with van der Waals surface area (Å²) in [4.78, 5) is 20.0. The van der Waals surface area contributed by atoms with Gasteiger partial charge in [-0.15, -0.1) is 0 Å². The third-order valence-corrected chi connectivity index (χ3v) is 5.82. The lowest BCUT2D eigenvalue weighted by molar-refractivity contribution is 0.0726. The first-order valence-electron chi connectivity index (χ1n) is 10.6. The molecule has 0 unspecified atom stereocenters. The molecule has 0 aliphatic heterocycles. The monoisotopic (exact) mass is 460 g/mol. The highest BCUT2D eigenvalue weighted by Gasteiger charge is 2.21. The lowest BCUT2D eigenvalue weighted by Gasteiger charge is -2.25. The smallest absolute Gasteiger partial charge is 0.258 e. The summed E-state index contributed by atoms with van der Waals surface area (Å²) in [5.74, 6) is 1.12. The second kappa shape index (κ2) is 9.92. The fraction of sp³-hybridized carbons (Fsp3) is 0.185. The molecular formula is C27H25ClN2O3. The zero-order chi connectivity index (χ0) is 23.4. The first kappa shape index (κ1) is 22.6. The molecule has 0 atom stereocenters. The van der Waals surface area contributed by atoms with Crippen LogP contribution in [0.4, 0.5) is 0 Å². The topological polar surface area (TPSA) is 51.7 Å². The number of carbonyl (C=O) groups is 1. The average molecular weight is 461 g/mol. The van der Waals surface area contributed by atoms with E-state index in [0.717, 1.165) is 33.3 Å². The van der Waals surface area contributed by atoms with Crippen LogP contribution in [0.3, 0.4) is 0 Å². The number of benzene rings is 3. The zero-order valence-corrected chi connectivity index (χ0v) is 19.6. The van der Waals surface area contributed by atoms with Gasteiger partial charge in [-0.3, -0.25) is 4.79 Å². The molecule has 4 rings (SSSR count). The second-order valence-electron chi connectivity index (χ2n) is 7.85. The number of halogens is 1. The number of methoxy groups -OCH3 is 2. The van der Waals surface area contributed by atoms with Crippen molar-refractivity contribution in [1.82, 2.24) is 9.88 Å². The van der Waals surface area contributed by atoms with Crippen molar-refractivity contribution in [3.8, 4) is 11.5 Å². The Labute approximate surface area is 198 Å². The molecule has 1 aromatic heterocycles. The maximum absolute atomic E-state index is 13.7. The SMILES string of the molecule is COc1ccc2nc(Cl)c(CN(Cc3cccc(C)c3)C(=O)c3ccccc3OC)cc2c1. The van der Waals surface area contributed by atoms with Crippen LogP contribution in [-0.4, -0.2) is 30.0 Å². The number of aromatic nitrogens is 1. The van der Waals surface area contributed by atoms with Crippen molar-refractivity contribution in [1.29, 1.82) is 0 Å². The van der Waals surface area contributed by atoms with Crippen LogP contribution in [0.1, 0.15) is 27.0 Å². The highest BCUT2D eigenvalue weighted by Crippen LogP contribution is 2.27. The van der Waals surface area contributed by atoms with Crippen LogP contribution in [0.15, 0.2) is 72.8 Å². The number of hydrogen-bond donors (Lipinski definition) is 0. The van der Waals surface area contributed by atoms with Crippen LogP contribution in [0.2, 0.25) is 5.15 Å². The van der Waals surface area contributed by atoms with Gasteiger partial charge in [0.2, 0.25) is 0 Å². The Morgan fingerprint density at radius 1 is 0.939 bits per heavy atom. The third-order valence-electron chi connectivity index (χ3n) is 5.49. The summed E-state index contributed by atoms with van der Waals surface area (Å²) in [5.41, 5.74) is 4.19. The molecule has 168 valence electrons. The predicted octanol–water partition coefficient (Wildman–Crippen LogP) is 6.06. The van der Waals surface area contributed by atoms with Gasteiger partial charge in [-0.2, -0.15) is 0 Å². The number of hydrogen-bond acceptors (Lipinski definition) is 4. The molecule has 1 heterocycles. The molecule has 0 saturated carbocycles. The summed E-state index contributed by atoms with van der Waals surface area (Å²) in [7, 11) is 3.19. The maximum atomic E-state index is 13.7. The van der Waals surface area contributed by atoms with Gasteiger partial charge in [0.15, 0.2) is 0 Å². The molecule has 4 aromatic rings. The van der Waals surface area contributed by atoms with Crippen molar-refractivity contribution >= 4 is 28.4 Å². The molecule has 5 nitrogen and oxygen atoms in total. The summed E-state index contributed by atoms with van der Waals surface area (Å²) in [5, 5.41) is 1.27. The molecule has 0 bridgehead atoms. The van der Waals surface area contributed by atoms with Gasteiger partial charge in [0.05, 0.1) is 25.3 Å². The fourth-order valence-electron chi connectivity index (χ4n) is 3.84. The number of nitrogens with zero attached hydrogens (tertiary/aromatic N) is 2. The van der Waals surface area contributed by atoms with E-state index in [2.05, 4.69) is 11.1 Å². The average Bonchev–Trinajstić information content (AvgIpc) is 2.83. The lowest BCUT2D eigenvalue weighted by atomic mass is 10.1. The minimum atomic E-state index is -0.143. The molecule has 0 aliphatic carbocycles. The van der Waals surface area contributed by atoms with Crippen molar-refractivity contribution in [2.45, 2.75) is 20.0 Å². The van der Waals surface area contributed by atoms with E-state index in [0.29, 0.717) is 29.6 Å². The normalized spacial score (nSPS) is 10.8. The fourth-order valence-corrected chi connectivity index (χ4v) is 4.05. The number of fused-ring (bicyclic) bond motifs is 1. The molecule has 0 saturated heterocycles. The maximum Gasteiger partial charge on any atom is 0.258 e. The van der Waals surface area contributed by atoms with Gasteiger partial charge >= 0.3 is 0 Å². The number of rotatable bonds is 7. The first-order chi connectivity index (χ1) is 16.0. The zero-order valence-electron chi connectivity index (χ0n) is 18.8. The third kappa shape index (κ3) is 5.10. The van der Waals surface area contributed by atoms with Crippen LogP contribution in [0.25, 0.3) is 10.9 Å². The predicted molar refractivity (Wildman–Crippen MR) is 131 cm³/mol. The number of ether oxygens (including phenoxy) is 2.